The Bertz CT molecular complexity index is 1460. The molecule has 4 aliphatic carbocycles. The third-order valence-electron chi connectivity index (χ3n) is 10.8. The van der Waals surface area contributed by atoms with E-state index in [0.717, 1.165) is 56.9 Å². The number of ketones is 1. The number of rotatable bonds is 3. The number of nitrogens with zero attached hydrogens (tertiary/aromatic N) is 1. The first-order valence-corrected chi connectivity index (χ1v) is 17.1. The van der Waals surface area contributed by atoms with E-state index in [2.05, 4.69) is 39.5 Å². The molecule has 5 aliphatic rings. The molecule has 41 heavy (non-hydrogen) atoms. The lowest BCUT2D eigenvalue weighted by molar-refractivity contribution is -0.114. The number of carbonyl (C=O) groups excluding carboxylic acids is 1. The van der Waals surface area contributed by atoms with Gasteiger partial charge < -0.3 is 5.11 Å². The molecule has 0 radical (unpaired) electrons. The van der Waals surface area contributed by atoms with Crippen molar-refractivity contribution in [3.63, 3.8) is 0 Å². The maximum atomic E-state index is 13.4. The molecule has 5 atom stereocenters. The first-order valence-electron chi connectivity index (χ1n) is 15.7. The van der Waals surface area contributed by atoms with Crippen molar-refractivity contribution in [3.05, 3.63) is 52.6 Å². The number of piperidine rings is 1. The van der Waals surface area contributed by atoms with Crippen LogP contribution in [0.15, 0.2) is 52.0 Å². The molecular formula is C35H45NO4S. The molecule has 0 aromatic heterocycles. The van der Waals surface area contributed by atoms with Gasteiger partial charge in [0, 0.05) is 36.3 Å². The minimum absolute atomic E-state index is 0.0564. The lowest BCUT2D eigenvalue weighted by Crippen LogP contribution is -2.51. The molecule has 1 aromatic carbocycles. The Hall–Kier alpha value is -2.20. The molecule has 2 saturated carbocycles. The minimum atomic E-state index is -3.51. The number of benzene rings is 1. The predicted octanol–water partition coefficient (Wildman–Crippen LogP) is 6.54. The lowest BCUT2D eigenvalue weighted by Gasteiger charge is -2.53. The van der Waals surface area contributed by atoms with Crippen molar-refractivity contribution in [1.82, 2.24) is 4.31 Å². The van der Waals surface area contributed by atoms with Crippen LogP contribution in [-0.2, 0) is 14.8 Å². The molecular weight excluding hydrogens is 530 g/mol. The average molecular weight is 576 g/mol. The van der Waals surface area contributed by atoms with Crippen LogP contribution in [0.1, 0.15) is 103 Å². The van der Waals surface area contributed by atoms with Crippen LogP contribution in [0, 0.1) is 34.5 Å². The molecule has 0 spiro atoms. The number of hydrogen-bond acceptors (Lipinski definition) is 4. The summed E-state index contributed by atoms with van der Waals surface area (Å²) < 4.78 is 28.4. The fraction of sp³-hybridized carbons (Fsp3) is 0.629. The fourth-order valence-corrected chi connectivity index (χ4v) is 10.1. The number of sulfonamides is 1. The Morgan fingerprint density at radius 2 is 1.71 bits per heavy atom. The molecule has 0 unspecified atom stereocenters. The zero-order chi connectivity index (χ0) is 29.2. The Balaban J connectivity index is 1.43. The van der Waals surface area contributed by atoms with E-state index in [0.29, 0.717) is 42.7 Å². The standard InChI is InChI=1S/C35H45NO4S/c1-33(2,3)18-19-35(38)17-16-31-29-14-10-25-22-26(37)11-15-28(25)32(29)30(23-34(31,35)4)24-8-12-27(13-9-24)41(39,40)36-20-6-5-7-21-36/h8-9,12-13,22,29-31,38H,5-7,10-11,14-17,20-21,23H2,1-4H3/t29-,30+,31-,34-,35+/m0/s1. The number of allylic oxidation sites excluding steroid dienone is 4. The quantitative estimate of drug-likeness (QED) is 0.415. The van der Waals surface area contributed by atoms with Gasteiger partial charge in [0.05, 0.1) is 4.90 Å². The molecule has 5 nitrogen and oxygen atoms in total. The van der Waals surface area contributed by atoms with Crippen LogP contribution in [0.5, 0.6) is 0 Å². The van der Waals surface area contributed by atoms with E-state index in [9.17, 15) is 18.3 Å². The average Bonchev–Trinajstić information content (AvgIpc) is 3.21. The second kappa shape index (κ2) is 10.2. The summed E-state index contributed by atoms with van der Waals surface area (Å²) in [5, 5.41) is 12.2. The molecule has 6 rings (SSSR count). The van der Waals surface area contributed by atoms with Crippen molar-refractivity contribution in [2.75, 3.05) is 13.1 Å². The summed E-state index contributed by atoms with van der Waals surface area (Å²) in [6.07, 6.45) is 10.4. The summed E-state index contributed by atoms with van der Waals surface area (Å²) in [4.78, 5) is 12.7. The van der Waals surface area contributed by atoms with Gasteiger partial charge >= 0.3 is 0 Å². The van der Waals surface area contributed by atoms with Crippen LogP contribution in [-0.4, -0.2) is 42.3 Å². The highest BCUT2D eigenvalue weighted by Crippen LogP contribution is 2.66. The van der Waals surface area contributed by atoms with Crippen LogP contribution in [0.4, 0.5) is 0 Å². The molecule has 220 valence electrons. The van der Waals surface area contributed by atoms with E-state index in [1.807, 2.05) is 18.2 Å². The van der Waals surface area contributed by atoms with Gasteiger partial charge in [-0.3, -0.25) is 4.79 Å². The van der Waals surface area contributed by atoms with Crippen LogP contribution in [0.3, 0.4) is 0 Å². The molecule has 1 aliphatic heterocycles. The highest BCUT2D eigenvalue weighted by molar-refractivity contribution is 7.89. The molecule has 0 amide bonds. The highest BCUT2D eigenvalue weighted by Gasteiger charge is 2.62. The Labute approximate surface area is 246 Å². The van der Waals surface area contributed by atoms with Crippen molar-refractivity contribution in [3.8, 4) is 11.8 Å². The number of hydrogen-bond donors (Lipinski definition) is 1. The molecule has 6 heteroatoms. The van der Waals surface area contributed by atoms with E-state index in [-0.39, 0.29) is 22.5 Å². The molecule has 3 fully saturated rings. The maximum Gasteiger partial charge on any atom is 0.243 e. The Morgan fingerprint density at radius 3 is 2.39 bits per heavy atom. The van der Waals surface area contributed by atoms with Gasteiger partial charge in [0.15, 0.2) is 5.78 Å². The SMILES string of the molecule is CC(C)(C)C#C[C@]1(O)CC[C@H]2[C@@H]3CCC4=CC(=O)CCC4=C3[C@@H](c3ccc(S(=O)(=O)N4CCCCC4)cc3)C[C@@]21C. The Kier molecular flexibility index (Phi) is 7.20. The summed E-state index contributed by atoms with van der Waals surface area (Å²) in [6.45, 7) is 9.69. The third kappa shape index (κ3) is 4.96. The second-order valence-corrected chi connectivity index (χ2v) is 16.4. The van der Waals surface area contributed by atoms with Crippen molar-refractivity contribution in [2.24, 2.45) is 22.7 Å². The normalized spacial score (nSPS) is 34.2. The number of fused-ring (bicyclic) bond motifs is 4. The number of aliphatic hydroxyl groups is 1. The molecule has 1 saturated heterocycles. The van der Waals surface area contributed by atoms with Crippen molar-refractivity contribution in [2.45, 2.75) is 108 Å². The van der Waals surface area contributed by atoms with Crippen molar-refractivity contribution in [1.29, 1.82) is 0 Å². The van der Waals surface area contributed by atoms with E-state index in [1.54, 1.807) is 16.4 Å². The van der Waals surface area contributed by atoms with Gasteiger partial charge in [-0.15, -0.1) is 0 Å². The van der Waals surface area contributed by atoms with Crippen molar-refractivity contribution >= 4 is 15.8 Å². The van der Waals surface area contributed by atoms with Gasteiger partial charge in [-0.1, -0.05) is 42.9 Å². The summed E-state index contributed by atoms with van der Waals surface area (Å²) in [5.41, 5.74) is 3.47. The van der Waals surface area contributed by atoms with E-state index < -0.39 is 15.6 Å². The summed E-state index contributed by atoms with van der Waals surface area (Å²) in [7, 11) is -3.51. The summed E-state index contributed by atoms with van der Waals surface area (Å²) in [6, 6.07) is 7.60. The van der Waals surface area contributed by atoms with Gasteiger partial charge in [-0.25, -0.2) is 8.42 Å². The smallest absolute Gasteiger partial charge is 0.243 e. The predicted molar refractivity (Wildman–Crippen MR) is 161 cm³/mol. The monoisotopic (exact) mass is 575 g/mol. The van der Waals surface area contributed by atoms with Crippen molar-refractivity contribution < 1.29 is 18.3 Å². The lowest BCUT2D eigenvalue weighted by atomic mass is 9.51. The minimum Gasteiger partial charge on any atom is -0.377 e. The third-order valence-corrected chi connectivity index (χ3v) is 12.7. The van der Waals surface area contributed by atoms with Gasteiger partial charge in [0.25, 0.3) is 0 Å². The summed E-state index contributed by atoms with van der Waals surface area (Å²) in [5.74, 6) is 7.69. The summed E-state index contributed by atoms with van der Waals surface area (Å²) >= 11 is 0. The van der Waals surface area contributed by atoms with Crippen LogP contribution >= 0.6 is 0 Å². The van der Waals surface area contributed by atoms with E-state index >= 15 is 0 Å². The zero-order valence-corrected chi connectivity index (χ0v) is 25.9. The van der Waals surface area contributed by atoms with Gasteiger partial charge in [-0.2, -0.15) is 4.31 Å². The second-order valence-electron chi connectivity index (χ2n) is 14.4. The molecule has 0 bridgehead atoms. The van der Waals surface area contributed by atoms with Crippen LogP contribution in [0.25, 0.3) is 0 Å². The van der Waals surface area contributed by atoms with Crippen LogP contribution in [0.2, 0.25) is 0 Å². The zero-order valence-electron chi connectivity index (χ0n) is 25.1. The number of carbonyl (C=O) groups is 1. The van der Waals surface area contributed by atoms with E-state index in [1.165, 1.54) is 16.7 Å². The van der Waals surface area contributed by atoms with Gasteiger partial charge in [0.1, 0.15) is 5.60 Å². The largest absolute Gasteiger partial charge is 0.377 e. The van der Waals surface area contributed by atoms with Crippen LogP contribution < -0.4 is 0 Å². The Morgan fingerprint density at radius 1 is 1.00 bits per heavy atom. The van der Waals surface area contributed by atoms with Gasteiger partial charge in [0.2, 0.25) is 10.0 Å². The topological polar surface area (TPSA) is 74.7 Å². The molecule has 1 N–H and O–H groups in total. The van der Waals surface area contributed by atoms with E-state index in [4.69, 9.17) is 0 Å². The molecule has 1 heterocycles. The first-order chi connectivity index (χ1) is 19.3. The maximum absolute atomic E-state index is 13.4. The highest BCUT2D eigenvalue weighted by atomic mass is 32.2. The fourth-order valence-electron chi connectivity index (χ4n) is 8.59. The molecule has 1 aromatic rings. The first kappa shape index (κ1) is 28.9. The van der Waals surface area contributed by atoms with Gasteiger partial charge in [-0.05, 0) is 119 Å².